The molecule has 3 aliphatic heterocycles. The van der Waals surface area contributed by atoms with Crippen molar-refractivity contribution in [2.24, 2.45) is 0 Å². The first-order valence-electron chi connectivity index (χ1n) is 20.1. The van der Waals surface area contributed by atoms with Crippen molar-refractivity contribution < 1.29 is 28.1 Å². The first-order valence-corrected chi connectivity index (χ1v) is 25.2. The molecule has 0 amide bonds. The van der Waals surface area contributed by atoms with Gasteiger partial charge in [0.2, 0.25) is 0 Å². The van der Waals surface area contributed by atoms with Crippen molar-refractivity contribution in [3.05, 3.63) is 95.7 Å². The van der Waals surface area contributed by atoms with E-state index in [2.05, 4.69) is 103 Å². The van der Waals surface area contributed by atoms with Crippen LogP contribution in [-0.2, 0) is 41.3 Å². The Hall–Kier alpha value is -1.89. The fourth-order valence-electron chi connectivity index (χ4n) is 8.81. The van der Waals surface area contributed by atoms with E-state index in [0.29, 0.717) is 19.6 Å². The molecule has 6 nitrogen and oxygen atoms in total. The normalized spacial score (nSPS) is 28.3. The quantitative estimate of drug-likeness (QED) is 0.106. The molecule has 8 heteroatoms. The van der Waals surface area contributed by atoms with Gasteiger partial charge in [-0.05, 0) is 48.5 Å². The van der Waals surface area contributed by atoms with Crippen molar-refractivity contribution >= 4 is 16.4 Å². The maximum absolute atomic E-state index is 7.28. The Morgan fingerprint density at radius 2 is 1.29 bits per heavy atom. The van der Waals surface area contributed by atoms with Crippen molar-refractivity contribution in [3.8, 4) is 0 Å². The van der Waals surface area contributed by atoms with Gasteiger partial charge in [-0.15, -0.1) is 6.58 Å². The number of ether oxygens (including phenoxy) is 5. The molecule has 0 saturated carbocycles. The van der Waals surface area contributed by atoms with Gasteiger partial charge in [-0.25, -0.2) is 0 Å². The first-order chi connectivity index (χ1) is 24.9. The Kier molecular flexibility index (Phi) is 15.4. The first kappa shape index (κ1) is 40.3. The SMILES string of the molecule is C=CC[C@@H]1O[C@@H]2C[C@@H]3O[C@H](CCO[Si](CC)(CC)CC)C=C([Si](CC)(CC)CC)C[C@H]3O[C@H]2[C@H](OCc2ccccc2)[C@H]1OCc1ccccc1. The van der Waals surface area contributed by atoms with Crippen LogP contribution in [0, 0.1) is 0 Å². The summed E-state index contributed by atoms with van der Waals surface area (Å²) >= 11 is 0. The highest BCUT2D eigenvalue weighted by atomic mass is 28.4. The number of hydrogen-bond donors (Lipinski definition) is 0. The molecule has 5 rings (SSSR count). The minimum atomic E-state index is -1.70. The van der Waals surface area contributed by atoms with Crippen molar-refractivity contribution in [3.63, 3.8) is 0 Å². The van der Waals surface area contributed by atoms with Crippen LogP contribution in [0.15, 0.2) is 84.6 Å². The number of benzene rings is 2. The van der Waals surface area contributed by atoms with Crippen LogP contribution < -0.4 is 0 Å². The summed E-state index contributed by atoms with van der Waals surface area (Å²) in [5, 5.41) is 1.62. The predicted octanol–water partition coefficient (Wildman–Crippen LogP) is 10.2. The van der Waals surface area contributed by atoms with E-state index in [1.54, 1.807) is 5.20 Å². The van der Waals surface area contributed by atoms with E-state index in [1.165, 1.54) is 36.3 Å². The van der Waals surface area contributed by atoms with Crippen LogP contribution in [0.2, 0.25) is 36.3 Å². The van der Waals surface area contributed by atoms with Gasteiger partial charge in [0.25, 0.3) is 0 Å². The van der Waals surface area contributed by atoms with Crippen molar-refractivity contribution in [1.82, 2.24) is 0 Å². The Labute approximate surface area is 311 Å². The Balaban J connectivity index is 1.43. The molecule has 0 aliphatic carbocycles. The zero-order valence-electron chi connectivity index (χ0n) is 32.4. The van der Waals surface area contributed by atoms with E-state index >= 15 is 0 Å². The van der Waals surface area contributed by atoms with Gasteiger partial charge in [0, 0.05) is 13.0 Å². The third-order valence-electron chi connectivity index (χ3n) is 12.5. The molecular weight excluding hydrogens is 669 g/mol. The molecule has 0 bridgehead atoms. The molecule has 282 valence electrons. The van der Waals surface area contributed by atoms with E-state index in [4.69, 9.17) is 28.1 Å². The third-order valence-corrected chi connectivity index (χ3v) is 23.0. The Morgan fingerprint density at radius 1 is 0.706 bits per heavy atom. The van der Waals surface area contributed by atoms with Crippen LogP contribution in [0.4, 0.5) is 0 Å². The third kappa shape index (κ3) is 9.81. The average Bonchev–Trinajstić information content (AvgIpc) is 3.35. The smallest absolute Gasteiger partial charge is 0.191 e. The van der Waals surface area contributed by atoms with Gasteiger partial charge >= 0.3 is 0 Å². The summed E-state index contributed by atoms with van der Waals surface area (Å²) in [4.78, 5) is 0. The van der Waals surface area contributed by atoms with Crippen LogP contribution in [0.5, 0.6) is 0 Å². The lowest BCUT2D eigenvalue weighted by atomic mass is 9.86. The van der Waals surface area contributed by atoms with E-state index in [0.717, 1.165) is 37.0 Å². The standard InChI is InChI=1S/C43H66O6Si2/c1-8-21-37-41(44-31-33-22-17-15-18-23-33)43(45-32-34-24-19-16-20-25-34)42-40(48-37)30-39-38(49-42)29-36(50(9-2,10-3)11-4)28-35(47-39)26-27-46-51(12-5,13-6)14-7/h8,15-20,22-25,28,35,37-43H,1,9-14,21,26-27,29-32H2,2-7H3/t35-,37+,38-,39+,40-,41+,42-,43-/m1/s1. The van der Waals surface area contributed by atoms with Gasteiger partial charge in [-0.1, -0.05) is 138 Å². The van der Waals surface area contributed by atoms with Crippen LogP contribution in [0.25, 0.3) is 0 Å². The maximum atomic E-state index is 7.28. The van der Waals surface area contributed by atoms with E-state index in [-0.39, 0.29) is 48.8 Å². The number of rotatable bonds is 19. The summed E-state index contributed by atoms with van der Waals surface area (Å²) in [7, 11) is -3.38. The molecule has 51 heavy (non-hydrogen) atoms. The molecule has 0 N–H and O–H groups in total. The van der Waals surface area contributed by atoms with Crippen molar-refractivity contribution in [1.29, 1.82) is 0 Å². The molecule has 0 radical (unpaired) electrons. The largest absolute Gasteiger partial charge is 0.417 e. The second kappa shape index (κ2) is 19.4. The highest BCUT2D eigenvalue weighted by Crippen LogP contribution is 2.43. The maximum Gasteiger partial charge on any atom is 0.191 e. The summed E-state index contributed by atoms with van der Waals surface area (Å²) in [5.74, 6) is 0. The van der Waals surface area contributed by atoms with E-state index in [1.807, 2.05) is 18.2 Å². The summed E-state index contributed by atoms with van der Waals surface area (Å²) in [6.07, 6.45) is 6.35. The van der Waals surface area contributed by atoms with Gasteiger partial charge in [-0.3, -0.25) is 0 Å². The van der Waals surface area contributed by atoms with Crippen molar-refractivity contribution in [2.75, 3.05) is 6.61 Å². The molecular formula is C43H66O6Si2. The van der Waals surface area contributed by atoms with Gasteiger partial charge in [0.05, 0.1) is 51.8 Å². The number of fused-ring (bicyclic) bond motifs is 2. The lowest BCUT2D eigenvalue weighted by Crippen LogP contribution is -2.64. The monoisotopic (exact) mass is 734 g/mol. The van der Waals surface area contributed by atoms with E-state index < -0.39 is 16.4 Å². The van der Waals surface area contributed by atoms with Gasteiger partial charge in [0.15, 0.2) is 8.32 Å². The van der Waals surface area contributed by atoms with Crippen LogP contribution in [-0.4, -0.2) is 71.8 Å². The zero-order valence-corrected chi connectivity index (χ0v) is 34.4. The van der Waals surface area contributed by atoms with Crippen molar-refractivity contribution in [2.45, 2.75) is 166 Å². The van der Waals surface area contributed by atoms with Crippen LogP contribution >= 0.6 is 0 Å². The molecule has 3 aliphatic rings. The summed E-state index contributed by atoms with van der Waals surface area (Å²) in [6, 6.07) is 28.0. The summed E-state index contributed by atoms with van der Waals surface area (Å²) < 4.78 is 41.8. The molecule has 2 aromatic rings. The second-order valence-corrected chi connectivity index (χ2v) is 25.1. The molecule has 3 heterocycles. The highest BCUT2D eigenvalue weighted by Gasteiger charge is 2.54. The van der Waals surface area contributed by atoms with Crippen LogP contribution in [0.1, 0.15) is 78.4 Å². The molecule has 0 aromatic heterocycles. The van der Waals surface area contributed by atoms with E-state index in [9.17, 15) is 0 Å². The zero-order chi connectivity index (χ0) is 36.3. The fraction of sp³-hybridized carbons (Fsp3) is 0.628. The fourth-order valence-corrected chi connectivity index (χ4v) is 15.5. The molecule has 2 aromatic carbocycles. The predicted molar refractivity (Wildman–Crippen MR) is 213 cm³/mol. The molecule has 2 fully saturated rings. The number of hydrogen-bond acceptors (Lipinski definition) is 6. The lowest BCUT2D eigenvalue weighted by Gasteiger charge is -2.51. The minimum absolute atomic E-state index is 0.0172. The van der Waals surface area contributed by atoms with Gasteiger partial charge in [-0.2, -0.15) is 0 Å². The molecule has 8 atom stereocenters. The molecule has 0 unspecified atom stereocenters. The highest BCUT2D eigenvalue weighted by molar-refractivity contribution is 6.86. The van der Waals surface area contributed by atoms with Crippen LogP contribution in [0.3, 0.4) is 0 Å². The second-order valence-electron chi connectivity index (χ2n) is 15.0. The molecule has 0 spiro atoms. The lowest BCUT2D eigenvalue weighted by molar-refractivity contribution is -0.302. The summed E-state index contributed by atoms with van der Waals surface area (Å²) in [6.45, 7) is 19.9. The van der Waals surface area contributed by atoms with Gasteiger partial charge < -0.3 is 28.1 Å². The average molecular weight is 735 g/mol. The topological polar surface area (TPSA) is 55.4 Å². The Morgan fingerprint density at radius 3 is 1.84 bits per heavy atom. The summed E-state index contributed by atoms with van der Waals surface area (Å²) in [5.41, 5.74) is 2.26. The molecule has 2 saturated heterocycles. The minimum Gasteiger partial charge on any atom is -0.417 e. The van der Waals surface area contributed by atoms with Gasteiger partial charge in [0.1, 0.15) is 18.3 Å². The Bertz CT molecular complexity index is 1330.